The molecule has 0 saturated carbocycles. The van der Waals surface area contributed by atoms with Crippen molar-refractivity contribution in [1.29, 1.82) is 0 Å². The zero-order valence-electron chi connectivity index (χ0n) is 8.98. The van der Waals surface area contributed by atoms with E-state index in [0.29, 0.717) is 6.42 Å². The number of benzene rings is 1. The molecule has 7 heteroatoms. The van der Waals surface area contributed by atoms with Crippen LogP contribution in [0.5, 0.6) is 5.75 Å². The van der Waals surface area contributed by atoms with E-state index < -0.39 is 18.0 Å². The molecule has 1 aliphatic rings. The number of phenolic OH excluding ortho intramolecular Hbond substituents is 1. The van der Waals surface area contributed by atoms with Gasteiger partial charge in [0.25, 0.3) is 0 Å². The van der Waals surface area contributed by atoms with Crippen molar-refractivity contribution >= 4 is 35.1 Å². The summed E-state index contributed by atoms with van der Waals surface area (Å²) in [5.74, 6) is -1.63. The molecule has 1 aromatic carbocycles. The molecule has 1 saturated heterocycles. The van der Waals surface area contributed by atoms with Crippen LogP contribution in [-0.4, -0.2) is 29.8 Å². The standard InChI is InChI=1S/C11H8Cl2O5/c12-6-3-5(4-7(13)9(6)14)10(15)18-8-1-2-17-11(8)16/h3-4,8,14H,1-2H2/t8-/m0/s1. The Morgan fingerprint density at radius 1 is 1.39 bits per heavy atom. The zero-order chi connectivity index (χ0) is 13.3. The van der Waals surface area contributed by atoms with Gasteiger partial charge in [-0.1, -0.05) is 23.2 Å². The lowest BCUT2D eigenvalue weighted by Gasteiger charge is -2.09. The second kappa shape index (κ2) is 5.04. The Kier molecular flexibility index (Phi) is 3.63. The van der Waals surface area contributed by atoms with Gasteiger partial charge < -0.3 is 14.6 Å². The smallest absolute Gasteiger partial charge is 0.347 e. The third-order valence-electron chi connectivity index (χ3n) is 2.39. The number of cyclic esters (lactones) is 1. The average Bonchev–Trinajstić information content (AvgIpc) is 2.71. The maximum Gasteiger partial charge on any atom is 0.347 e. The molecule has 1 aromatic rings. The second-order valence-corrected chi connectivity index (χ2v) is 4.45. The van der Waals surface area contributed by atoms with Crippen LogP contribution in [0.25, 0.3) is 0 Å². The first-order valence-corrected chi connectivity index (χ1v) is 5.80. The van der Waals surface area contributed by atoms with Crippen molar-refractivity contribution in [3.63, 3.8) is 0 Å². The highest BCUT2D eigenvalue weighted by Gasteiger charge is 2.30. The molecule has 0 amide bonds. The first kappa shape index (κ1) is 13.0. The SMILES string of the molecule is O=C(O[C@H]1CCOC1=O)c1cc(Cl)c(O)c(Cl)c1. The molecule has 1 fully saturated rings. The van der Waals surface area contributed by atoms with Crippen LogP contribution in [0, 0.1) is 0 Å². The molecular formula is C11H8Cl2O5. The van der Waals surface area contributed by atoms with E-state index in [4.69, 9.17) is 27.9 Å². The molecule has 1 N–H and O–H groups in total. The molecule has 1 heterocycles. The normalized spacial score (nSPS) is 18.6. The van der Waals surface area contributed by atoms with Crippen LogP contribution in [0.2, 0.25) is 10.0 Å². The third-order valence-corrected chi connectivity index (χ3v) is 2.97. The average molecular weight is 291 g/mol. The summed E-state index contributed by atoms with van der Waals surface area (Å²) in [6.45, 7) is 0.230. The van der Waals surface area contributed by atoms with Crippen molar-refractivity contribution < 1.29 is 24.2 Å². The molecule has 18 heavy (non-hydrogen) atoms. The summed E-state index contributed by atoms with van der Waals surface area (Å²) in [4.78, 5) is 22.9. The van der Waals surface area contributed by atoms with Crippen molar-refractivity contribution in [1.82, 2.24) is 0 Å². The van der Waals surface area contributed by atoms with Crippen LogP contribution in [0.1, 0.15) is 16.8 Å². The third kappa shape index (κ3) is 2.52. The molecule has 1 aliphatic heterocycles. The molecule has 0 bridgehead atoms. The lowest BCUT2D eigenvalue weighted by molar-refractivity contribution is -0.145. The Hall–Kier alpha value is -1.46. The Labute approximate surface area is 112 Å². The molecule has 0 spiro atoms. The van der Waals surface area contributed by atoms with Crippen molar-refractivity contribution in [2.45, 2.75) is 12.5 Å². The predicted octanol–water partition coefficient (Wildman–Crippen LogP) is 2.17. The van der Waals surface area contributed by atoms with Gasteiger partial charge in [-0.05, 0) is 12.1 Å². The van der Waals surface area contributed by atoms with Gasteiger partial charge in [-0.25, -0.2) is 9.59 Å². The largest absolute Gasteiger partial charge is 0.505 e. The van der Waals surface area contributed by atoms with Gasteiger partial charge in [-0.3, -0.25) is 0 Å². The van der Waals surface area contributed by atoms with Gasteiger partial charge in [0, 0.05) is 6.42 Å². The number of aromatic hydroxyl groups is 1. The molecular weight excluding hydrogens is 283 g/mol. The number of phenols is 1. The highest BCUT2D eigenvalue weighted by Crippen LogP contribution is 2.33. The summed E-state index contributed by atoms with van der Waals surface area (Å²) < 4.78 is 9.61. The van der Waals surface area contributed by atoms with E-state index in [1.165, 1.54) is 12.1 Å². The van der Waals surface area contributed by atoms with Crippen molar-refractivity contribution in [3.05, 3.63) is 27.7 Å². The first-order chi connectivity index (χ1) is 8.49. The Balaban J connectivity index is 2.16. The molecule has 0 aromatic heterocycles. The van der Waals surface area contributed by atoms with Crippen molar-refractivity contribution in [2.24, 2.45) is 0 Å². The summed E-state index contributed by atoms with van der Waals surface area (Å²) in [5, 5.41) is 9.22. The highest BCUT2D eigenvalue weighted by atomic mass is 35.5. The monoisotopic (exact) mass is 290 g/mol. The lowest BCUT2D eigenvalue weighted by atomic mass is 10.2. The number of esters is 2. The van der Waals surface area contributed by atoms with Crippen molar-refractivity contribution in [2.75, 3.05) is 6.61 Å². The molecule has 2 rings (SSSR count). The van der Waals surface area contributed by atoms with Crippen LogP contribution in [0.15, 0.2) is 12.1 Å². The molecule has 1 atom stereocenters. The van der Waals surface area contributed by atoms with E-state index in [9.17, 15) is 14.7 Å². The summed E-state index contributed by atoms with van der Waals surface area (Å²) >= 11 is 11.3. The van der Waals surface area contributed by atoms with Gasteiger partial charge in [0.1, 0.15) is 0 Å². The summed E-state index contributed by atoms with van der Waals surface area (Å²) in [6.07, 6.45) is -0.576. The lowest BCUT2D eigenvalue weighted by Crippen LogP contribution is -2.22. The molecule has 0 aliphatic carbocycles. The van der Waals surface area contributed by atoms with Gasteiger partial charge in [0.05, 0.1) is 22.2 Å². The van der Waals surface area contributed by atoms with E-state index in [1.54, 1.807) is 0 Å². The van der Waals surface area contributed by atoms with E-state index in [1.807, 2.05) is 0 Å². The van der Waals surface area contributed by atoms with Gasteiger partial charge >= 0.3 is 11.9 Å². The van der Waals surface area contributed by atoms with Crippen LogP contribution < -0.4 is 0 Å². The fraction of sp³-hybridized carbons (Fsp3) is 0.273. The van der Waals surface area contributed by atoms with Crippen LogP contribution in [0.4, 0.5) is 0 Å². The second-order valence-electron chi connectivity index (χ2n) is 3.64. The topological polar surface area (TPSA) is 72.8 Å². The van der Waals surface area contributed by atoms with E-state index >= 15 is 0 Å². The number of rotatable bonds is 2. The Morgan fingerprint density at radius 2 is 2.00 bits per heavy atom. The van der Waals surface area contributed by atoms with Gasteiger partial charge in [0.2, 0.25) is 6.10 Å². The highest BCUT2D eigenvalue weighted by molar-refractivity contribution is 6.37. The maximum atomic E-state index is 11.7. The maximum absolute atomic E-state index is 11.7. The molecule has 0 unspecified atom stereocenters. The Morgan fingerprint density at radius 3 is 2.50 bits per heavy atom. The minimum Gasteiger partial charge on any atom is -0.505 e. The minimum atomic E-state index is -0.899. The number of carbonyl (C=O) groups is 2. The fourth-order valence-corrected chi connectivity index (χ4v) is 1.95. The quantitative estimate of drug-likeness (QED) is 0.845. The number of hydrogen-bond acceptors (Lipinski definition) is 5. The van der Waals surface area contributed by atoms with E-state index in [0.717, 1.165) is 0 Å². The number of ether oxygens (including phenoxy) is 2. The van der Waals surface area contributed by atoms with Crippen LogP contribution in [-0.2, 0) is 14.3 Å². The van der Waals surface area contributed by atoms with Crippen LogP contribution >= 0.6 is 23.2 Å². The van der Waals surface area contributed by atoms with Crippen LogP contribution in [0.3, 0.4) is 0 Å². The number of halogens is 2. The Bertz CT molecular complexity index is 491. The first-order valence-electron chi connectivity index (χ1n) is 5.04. The summed E-state index contributed by atoms with van der Waals surface area (Å²) in [6, 6.07) is 2.43. The predicted molar refractivity (Wildman–Crippen MR) is 62.9 cm³/mol. The van der Waals surface area contributed by atoms with Gasteiger partial charge in [-0.15, -0.1) is 0 Å². The number of hydrogen-bond donors (Lipinski definition) is 1. The van der Waals surface area contributed by atoms with E-state index in [-0.39, 0.29) is 28.0 Å². The summed E-state index contributed by atoms with van der Waals surface area (Å²) in [5.41, 5.74) is 0.0579. The molecule has 96 valence electrons. The van der Waals surface area contributed by atoms with Crippen molar-refractivity contribution in [3.8, 4) is 5.75 Å². The van der Waals surface area contributed by atoms with Gasteiger partial charge in [0.15, 0.2) is 5.75 Å². The zero-order valence-corrected chi connectivity index (χ0v) is 10.5. The number of carbonyl (C=O) groups excluding carboxylic acids is 2. The van der Waals surface area contributed by atoms with Gasteiger partial charge in [-0.2, -0.15) is 0 Å². The summed E-state index contributed by atoms with van der Waals surface area (Å²) in [7, 11) is 0. The molecule has 0 radical (unpaired) electrons. The fourth-order valence-electron chi connectivity index (χ4n) is 1.47. The van der Waals surface area contributed by atoms with E-state index in [2.05, 4.69) is 4.74 Å². The minimum absolute atomic E-state index is 0.0579. The molecule has 5 nitrogen and oxygen atoms in total.